The van der Waals surface area contributed by atoms with Gasteiger partial charge in [0.05, 0.1) is 6.61 Å². The lowest BCUT2D eigenvalue weighted by Crippen LogP contribution is -2.33. The van der Waals surface area contributed by atoms with Crippen molar-refractivity contribution in [3.63, 3.8) is 0 Å². The van der Waals surface area contributed by atoms with Crippen molar-refractivity contribution in [2.24, 2.45) is 5.41 Å². The van der Waals surface area contributed by atoms with E-state index < -0.39 is 0 Å². The molecule has 3 heteroatoms. The maximum Gasteiger partial charge on any atom is 0.0535 e. The van der Waals surface area contributed by atoms with Crippen molar-refractivity contribution in [2.45, 2.75) is 19.3 Å². The van der Waals surface area contributed by atoms with Crippen LogP contribution in [-0.2, 0) is 4.74 Å². The Balaban J connectivity index is 2.28. The van der Waals surface area contributed by atoms with Gasteiger partial charge in [-0.1, -0.05) is 0 Å². The summed E-state index contributed by atoms with van der Waals surface area (Å²) in [5.41, 5.74) is 0.449. The SMILES string of the molecule is CNCC1(CCCSC)CCOC1. The Labute approximate surface area is 85.8 Å². The van der Waals surface area contributed by atoms with Gasteiger partial charge in [-0.15, -0.1) is 0 Å². The molecule has 1 heterocycles. The zero-order chi connectivity index (χ0) is 9.57. The summed E-state index contributed by atoms with van der Waals surface area (Å²) in [5, 5.41) is 3.29. The molecule has 1 fully saturated rings. The Kier molecular flexibility index (Phi) is 5.14. The van der Waals surface area contributed by atoms with Crippen molar-refractivity contribution in [1.29, 1.82) is 0 Å². The quantitative estimate of drug-likeness (QED) is 0.665. The number of rotatable bonds is 6. The van der Waals surface area contributed by atoms with Crippen molar-refractivity contribution in [1.82, 2.24) is 5.32 Å². The largest absolute Gasteiger partial charge is 0.381 e. The minimum absolute atomic E-state index is 0.449. The van der Waals surface area contributed by atoms with Crippen LogP contribution in [0, 0.1) is 5.41 Å². The van der Waals surface area contributed by atoms with Crippen molar-refractivity contribution in [2.75, 3.05) is 38.8 Å². The summed E-state index contributed by atoms with van der Waals surface area (Å²) in [4.78, 5) is 0. The lowest BCUT2D eigenvalue weighted by atomic mass is 9.83. The molecule has 0 aliphatic carbocycles. The molecular formula is C10H21NOS. The molecule has 2 nitrogen and oxygen atoms in total. The highest BCUT2D eigenvalue weighted by Crippen LogP contribution is 2.33. The molecule has 0 amide bonds. The monoisotopic (exact) mass is 203 g/mol. The van der Waals surface area contributed by atoms with Gasteiger partial charge in [0.1, 0.15) is 0 Å². The van der Waals surface area contributed by atoms with E-state index in [1.54, 1.807) is 0 Å². The Bertz CT molecular complexity index is 135. The van der Waals surface area contributed by atoms with E-state index in [0.29, 0.717) is 5.41 Å². The highest BCUT2D eigenvalue weighted by molar-refractivity contribution is 7.98. The normalized spacial score (nSPS) is 28.2. The summed E-state index contributed by atoms with van der Waals surface area (Å²) in [6.45, 7) is 3.03. The van der Waals surface area contributed by atoms with Gasteiger partial charge in [-0.3, -0.25) is 0 Å². The van der Waals surface area contributed by atoms with Crippen LogP contribution < -0.4 is 5.32 Å². The van der Waals surface area contributed by atoms with Gasteiger partial charge in [-0.2, -0.15) is 11.8 Å². The summed E-state index contributed by atoms with van der Waals surface area (Å²) in [6.07, 6.45) is 6.05. The highest BCUT2D eigenvalue weighted by atomic mass is 32.2. The molecule has 0 saturated carbocycles. The molecule has 0 radical (unpaired) electrons. The third-order valence-corrected chi connectivity index (χ3v) is 3.49. The minimum atomic E-state index is 0.449. The van der Waals surface area contributed by atoms with Gasteiger partial charge in [0.15, 0.2) is 0 Å². The van der Waals surface area contributed by atoms with E-state index in [-0.39, 0.29) is 0 Å². The van der Waals surface area contributed by atoms with E-state index in [1.165, 1.54) is 25.0 Å². The number of hydrogen-bond donors (Lipinski definition) is 1. The first-order chi connectivity index (χ1) is 6.33. The summed E-state index contributed by atoms with van der Waals surface area (Å²) >= 11 is 1.94. The molecule has 1 aliphatic rings. The highest BCUT2D eigenvalue weighted by Gasteiger charge is 2.33. The summed E-state index contributed by atoms with van der Waals surface area (Å²) in [5.74, 6) is 1.28. The lowest BCUT2D eigenvalue weighted by Gasteiger charge is -2.26. The first-order valence-corrected chi connectivity index (χ1v) is 6.44. The van der Waals surface area contributed by atoms with Crippen molar-refractivity contribution in [3.05, 3.63) is 0 Å². The van der Waals surface area contributed by atoms with Gasteiger partial charge in [-0.05, 0) is 38.3 Å². The van der Waals surface area contributed by atoms with Crippen molar-refractivity contribution >= 4 is 11.8 Å². The van der Waals surface area contributed by atoms with Crippen LogP contribution in [0.5, 0.6) is 0 Å². The first-order valence-electron chi connectivity index (χ1n) is 5.04. The number of thioether (sulfide) groups is 1. The fourth-order valence-corrected chi connectivity index (χ4v) is 2.47. The van der Waals surface area contributed by atoms with Crippen LogP contribution in [0.15, 0.2) is 0 Å². The molecule has 13 heavy (non-hydrogen) atoms. The van der Waals surface area contributed by atoms with Gasteiger partial charge in [0, 0.05) is 18.6 Å². The predicted octanol–water partition coefficient (Wildman–Crippen LogP) is 1.76. The van der Waals surface area contributed by atoms with E-state index in [1.807, 2.05) is 18.8 Å². The average Bonchev–Trinajstić information content (AvgIpc) is 2.55. The van der Waals surface area contributed by atoms with Crippen LogP contribution in [0.1, 0.15) is 19.3 Å². The maximum atomic E-state index is 5.50. The van der Waals surface area contributed by atoms with Crippen LogP contribution in [0.4, 0.5) is 0 Å². The van der Waals surface area contributed by atoms with E-state index in [9.17, 15) is 0 Å². The van der Waals surface area contributed by atoms with Crippen molar-refractivity contribution in [3.8, 4) is 0 Å². The molecule has 1 rings (SSSR count). The van der Waals surface area contributed by atoms with E-state index in [4.69, 9.17) is 4.74 Å². The van der Waals surface area contributed by atoms with Crippen LogP contribution >= 0.6 is 11.8 Å². The molecule has 1 saturated heterocycles. The second-order valence-corrected chi connectivity index (χ2v) is 4.91. The topological polar surface area (TPSA) is 21.3 Å². The van der Waals surface area contributed by atoms with Gasteiger partial charge in [0.25, 0.3) is 0 Å². The van der Waals surface area contributed by atoms with Crippen LogP contribution in [0.3, 0.4) is 0 Å². The molecule has 0 aromatic rings. The molecule has 0 spiro atoms. The zero-order valence-electron chi connectivity index (χ0n) is 8.77. The van der Waals surface area contributed by atoms with Gasteiger partial charge >= 0.3 is 0 Å². The Hall–Kier alpha value is 0.270. The van der Waals surface area contributed by atoms with Crippen LogP contribution in [0.2, 0.25) is 0 Å². The summed E-state index contributed by atoms with van der Waals surface area (Å²) in [7, 11) is 2.04. The molecule has 78 valence electrons. The smallest absolute Gasteiger partial charge is 0.0535 e. The Morgan fingerprint density at radius 1 is 1.54 bits per heavy atom. The number of hydrogen-bond acceptors (Lipinski definition) is 3. The zero-order valence-corrected chi connectivity index (χ0v) is 9.58. The molecule has 0 aromatic carbocycles. The first kappa shape index (κ1) is 11.3. The second kappa shape index (κ2) is 5.89. The molecule has 0 bridgehead atoms. The Morgan fingerprint density at radius 2 is 2.38 bits per heavy atom. The second-order valence-electron chi connectivity index (χ2n) is 3.93. The van der Waals surface area contributed by atoms with Crippen molar-refractivity contribution < 1.29 is 4.74 Å². The molecular weight excluding hydrogens is 182 g/mol. The molecule has 1 N–H and O–H groups in total. The fourth-order valence-electron chi connectivity index (χ4n) is 2.04. The molecule has 1 atom stereocenters. The van der Waals surface area contributed by atoms with Gasteiger partial charge in [-0.25, -0.2) is 0 Å². The fraction of sp³-hybridized carbons (Fsp3) is 1.00. The molecule has 0 aromatic heterocycles. The van der Waals surface area contributed by atoms with E-state index in [2.05, 4.69) is 11.6 Å². The average molecular weight is 203 g/mol. The predicted molar refractivity (Wildman–Crippen MR) is 59.4 cm³/mol. The molecule has 1 unspecified atom stereocenters. The lowest BCUT2D eigenvalue weighted by molar-refractivity contribution is 0.145. The molecule has 1 aliphatic heterocycles. The minimum Gasteiger partial charge on any atom is -0.381 e. The van der Waals surface area contributed by atoms with E-state index in [0.717, 1.165) is 19.8 Å². The van der Waals surface area contributed by atoms with E-state index >= 15 is 0 Å². The van der Waals surface area contributed by atoms with Crippen LogP contribution in [0.25, 0.3) is 0 Å². The number of ether oxygens (including phenoxy) is 1. The number of nitrogens with one attached hydrogen (secondary N) is 1. The van der Waals surface area contributed by atoms with Gasteiger partial charge in [0.2, 0.25) is 0 Å². The summed E-state index contributed by atoms with van der Waals surface area (Å²) < 4.78 is 5.50. The third-order valence-electron chi connectivity index (χ3n) is 2.79. The third kappa shape index (κ3) is 3.49. The Morgan fingerprint density at radius 3 is 2.92 bits per heavy atom. The summed E-state index contributed by atoms with van der Waals surface area (Å²) in [6, 6.07) is 0. The standard InChI is InChI=1S/C10H21NOS/c1-11-8-10(4-3-7-13-2)5-6-12-9-10/h11H,3-9H2,1-2H3. The maximum absolute atomic E-state index is 5.50. The van der Waals surface area contributed by atoms with Gasteiger partial charge < -0.3 is 10.1 Å². The van der Waals surface area contributed by atoms with Crippen LogP contribution in [-0.4, -0.2) is 38.8 Å².